The molecular weight excluding hydrogens is 432 g/mol. The van der Waals surface area contributed by atoms with Crippen LogP contribution >= 0.6 is 0 Å². The molecule has 184 valence electrons. The van der Waals surface area contributed by atoms with Crippen molar-refractivity contribution in [3.63, 3.8) is 0 Å². The van der Waals surface area contributed by atoms with Crippen molar-refractivity contribution < 1.29 is 19.1 Å². The van der Waals surface area contributed by atoms with Crippen LogP contribution in [0.2, 0.25) is 0 Å². The Morgan fingerprint density at radius 1 is 1.06 bits per heavy atom. The second-order valence-electron chi connectivity index (χ2n) is 10.1. The summed E-state index contributed by atoms with van der Waals surface area (Å²) >= 11 is 0. The lowest BCUT2D eigenvalue weighted by Crippen LogP contribution is -2.54. The lowest BCUT2D eigenvalue weighted by molar-refractivity contribution is -0.131. The summed E-state index contributed by atoms with van der Waals surface area (Å²) in [6.07, 6.45) is 1.71. The van der Waals surface area contributed by atoms with Gasteiger partial charge in [0.05, 0.1) is 30.6 Å². The molecule has 1 aromatic rings. The third-order valence-corrected chi connectivity index (χ3v) is 6.98. The number of carbonyl (C=O) groups excluding carboxylic acids is 3. The zero-order valence-corrected chi connectivity index (χ0v) is 20.7. The summed E-state index contributed by atoms with van der Waals surface area (Å²) in [7, 11) is 0. The molecule has 0 radical (unpaired) electrons. The van der Waals surface area contributed by atoms with Gasteiger partial charge in [-0.15, -0.1) is 0 Å². The van der Waals surface area contributed by atoms with Crippen LogP contribution in [0.1, 0.15) is 47.0 Å². The van der Waals surface area contributed by atoms with Gasteiger partial charge < -0.3 is 24.8 Å². The Bertz CT molecular complexity index is 994. The topological polar surface area (TPSA) is 82.2 Å². The van der Waals surface area contributed by atoms with E-state index < -0.39 is 0 Å². The number of fused-ring (bicyclic) bond motifs is 1. The average molecular weight is 469 g/mol. The summed E-state index contributed by atoms with van der Waals surface area (Å²) in [5, 5.41) is 3.56. The lowest BCUT2D eigenvalue weighted by Gasteiger charge is -2.39. The summed E-state index contributed by atoms with van der Waals surface area (Å²) < 4.78 is 5.09. The van der Waals surface area contributed by atoms with Crippen LogP contribution < -0.4 is 10.2 Å². The lowest BCUT2D eigenvalue weighted by atomic mass is 9.74. The predicted octanol–water partition coefficient (Wildman–Crippen LogP) is 3.64. The van der Waals surface area contributed by atoms with Crippen LogP contribution in [0, 0.1) is 5.41 Å². The van der Waals surface area contributed by atoms with E-state index in [0.717, 1.165) is 35.5 Å². The van der Waals surface area contributed by atoms with Crippen LogP contribution in [0.15, 0.2) is 35.5 Å². The molecule has 1 N–H and O–H groups in total. The minimum atomic E-state index is -0.327. The second-order valence-corrected chi connectivity index (χ2v) is 10.1. The molecule has 1 aliphatic carbocycles. The van der Waals surface area contributed by atoms with E-state index in [1.807, 2.05) is 29.2 Å². The fraction of sp³-hybridized carbons (Fsp3) is 0.577. The molecule has 8 heteroatoms. The second kappa shape index (κ2) is 9.68. The molecule has 2 aliphatic heterocycles. The van der Waals surface area contributed by atoms with E-state index in [1.54, 1.807) is 11.8 Å². The highest BCUT2D eigenvalue weighted by atomic mass is 16.6. The molecule has 1 atom stereocenters. The Morgan fingerprint density at radius 2 is 1.74 bits per heavy atom. The van der Waals surface area contributed by atoms with Gasteiger partial charge >= 0.3 is 6.09 Å². The van der Waals surface area contributed by atoms with Crippen molar-refractivity contribution in [1.82, 2.24) is 9.80 Å². The van der Waals surface area contributed by atoms with E-state index in [-0.39, 0.29) is 35.8 Å². The number of anilines is 2. The molecular formula is C26H36N4O4. The number of hydrogen-bond acceptors (Lipinski definition) is 6. The van der Waals surface area contributed by atoms with E-state index in [9.17, 15) is 14.4 Å². The Morgan fingerprint density at radius 3 is 2.41 bits per heavy atom. The monoisotopic (exact) mass is 468 g/mol. The highest BCUT2D eigenvalue weighted by molar-refractivity contribution is 6.01. The maximum atomic E-state index is 13.4. The normalized spacial score (nSPS) is 21.9. The number of nitrogens with zero attached hydrogens (tertiary/aromatic N) is 3. The molecule has 2 heterocycles. The first-order valence-electron chi connectivity index (χ1n) is 12.3. The summed E-state index contributed by atoms with van der Waals surface area (Å²) in [6.45, 7) is 10.5. The first-order valence-corrected chi connectivity index (χ1v) is 12.3. The number of nitrogens with one attached hydrogen (secondary N) is 1. The van der Waals surface area contributed by atoms with E-state index in [0.29, 0.717) is 39.2 Å². The van der Waals surface area contributed by atoms with Crippen molar-refractivity contribution >= 4 is 29.2 Å². The van der Waals surface area contributed by atoms with Crippen molar-refractivity contribution in [1.29, 1.82) is 0 Å². The van der Waals surface area contributed by atoms with Gasteiger partial charge in [0.15, 0.2) is 5.78 Å². The average Bonchev–Trinajstić information content (AvgIpc) is 2.92. The third kappa shape index (κ3) is 4.76. The first-order chi connectivity index (χ1) is 16.2. The van der Waals surface area contributed by atoms with Crippen molar-refractivity contribution in [3.05, 3.63) is 35.5 Å². The van der Waals surface area contributed by atoms with Gasteiger partial charge in [-0.2, -0.15) is 0 Å². The van der Waals surface area contributed by atoms with Crippen LogP contribution in [0.3, 0.4) is 0 Å². The van der Waals surface area contributed by atoms with Gasteiger partial charge in [0, 0.05) is 43.9 Å². The molecule has 0 aromatic heterocycles. The van der Waals surface area contributed by atoms with Gasteiger partial charge in [-0.1, -0.05) is 32.9 Å². The summed E-state index contributed by atoms with van der Waals surface area (Å²) in [6, 6.07) is 7.81. The molecule has 1 saturated heterocycles. The van der Waals surface area contributed by atoms with E-state index in [1.165, 1.54) is 0 Å². The fourth-order valence-electron chi connectivity index (χ4n) is 5.37. The summed E-state index contributed by atoms with van der Waals surface area (Å²) in [5.74, 6) is 0.170. The number of hydrogen-bond donors (Lipinski definition) is 1. The zero-order chi connectivity index (χ0) is 24.5. The zero-order valence-electron chi connectivity index (χ0n) is 20.7. The van der Waals surface area contributed by atoms with Gasteiger partial charge in [-0.25, -0.2) is 4.79 Å². The summed E-state index contributed by atoms with van der Waals surface area (Å²) in [5.41, 5.74) is 3.57. The summed E-state index contributed by atoms with van der Waals surface area (Å²) in [4.78, 5) is 44.3. The van der Waals surface area contributed by atoms with Gasteiger partial charge in [0.1, 0.15) is 0 Å². The number of piperazine rings is 1. The van der Waals surface area contributed by atoms with Crippen LogP contribution in [-0.2, 0) is 14.3 Å². The number of benzene rings is 1. The standard InChI is InChI=1S/C26H36N4O4/c1-5-20-24-19(15-26(3,4)16-22(24)31)27-18-9-7-8-10-21(18)30(20)17-23(32)28-11-13-29(14-12-28)25(33)34-6-2/h7-10,20,27H,5-6,11-17H2,1-4H3. The van der Waals surface area contributed by atoms with Crippen LogP contribution in [0.4, 0.5) is 16.2 Å². The third-order valence-electron chi connectivity index (χ3n) is 6.98. The van der Waals surface area contributed by atoms with E-state index in [2.05, 4.69) is 31.0 Å². The van der Waals surface area contributed by atoms with Crippen molar-refractivity contribution in [2.45, 2.75) is 53.0 Å². The van der Waals surface area contributed by atoms with E-state index in [4.69, 9.17) is 4.74 Å². The van der Waals surface area contributed by atoms with E-state index >= 15 is 0 Å². The number of ketones is 1. The molecule has 4 rings (SSSR count). The molecule has 1 aromatic carbocycles. The van der Waals surface area contributed by atoms with Crippen molar-refractivity contribution in [2.24, 2.45) is 5.41 Å². The van der Waals surface area contributed by atoms with Crippen LogP contribution in [0.5, 0.6) is 0 Å². The number of Topliss-reactive ketones (excluding diaryl/α,β-unsaturated/α-hetero) is 1. The number of ether oxygens (including phenoxy) is 1. The Balaban J connectivity index is 1.58. The number of allylic oxidation sites excluding steroid dienone is 1. The quantitative estimate of drug-likeness (QED) is 0.727. The molecule has 0 bridgehead atoms. The van der Waals surface area contributed by atoms with Crippen LogP contribution in [-0.4, -0.2) is 73.0 Å². The van der Waals surface area contributed by atoms with Gasteiger partial charge in [0.2, 0.25) is 5.91 Å². The van der Waals surface area contributed by atoms with Crippen molar-refractivity contribution in [2.75, 3.05) is 49.5 Å². The minimum absolute atomic E-state index is 0.00407. The van der Waals surface area contributed by atoms with Gasteiger partial charge in [-0.05, 0) is 37.3 Å². The Kier molecular flexibility index (Phi) is 6.86. The molecule has 34 heavy (non-hydrogen) atoms. The van der Waals surface area contributed by atoms with Gasteiger partial charge in [-0.3, -0.25) is 9.59 Å². The fourth-order valence-corrected chi connectivity index (χ4v) is 5.37. The predicted molar refractivity (Wildman–Crippen MR) is 132 cm³/mol. The van der Waals surface area contributed by atoms with Crippen LogP contribution in [0.25, 0.3) is 0 Å². The molecule has 3 aliphatic rings. The molecule has 0 saturated carbocycles. The molecule has 1 unspecified atom stereocenters. The SMILES string of the molecule is CCOC(=O)N1CCN(C(=O)CN2c3ccccc3NC3=C(C(=O)CC(C)(C)C3)C2CC)CC1. The van der Waals surface area contributed by atoms with Crippen molar-refractivity contribution in [3.8, 4) is 0 Å². The number of amides is 2. The Hall–Kier alpha value is -3.03. The highest BCUT2D eigenvalue weighted by Gasteiger charge is 2.41. The Labute approximate surface area is 201 Å². The minimum Gasteiger partial charge on any atom is -0.450 e. The molecule has 8 nitrogen and oxygen atoms in total. The number of rotatable bonds is 4. The van der Waals surface area contributed by atoms with Gasteiger partial charge in [0.25, 0.3) is 0 Å². The maximum absolute atomic E-state index is 13.4. The maximum Gasteiger partial charge on any atom is 0.409 e. The molecule has 2 amide bonds. The number of carbonyl (C=O) groups is 3. The number of para-hydroxylation sites is 2. The smallest absolute Gasteiger partial charge is 0.409 e. The largest absolute Gasteiger partial charge is 0.450 e. The molecule has 0 spiro atoms. The highest BCUT2D eigenvalue weighted by Crippen LogP contribution is 2.44. The molecule has 1 fully saturated rings. The first kappa shape index (κ1) is 24.1.